The summed E-state index contributed by atoms with van der Waals surface area (Å²) in [5.74, 6) is 0. The Morgan fingerprint density at radius 2 is 0.632 bits per heavy atom. The summed E-state index contributed by atoms with van der Waals surface area (Å²) >= 11 is -0.750. The van der Waals surface area contributed by atoms with E-state index in [0.29, 0.717) is 0 Å². The molecular weight excluding hydrogens is 264 g/mol. The van der Waals surface area contributed by atoms with Gasteiger partial charge >= 0.3 is 11.6 Å². The second kappa shape index (κ2) is 9.49. The highest BCUT2D eigenvalue weighted by atomic mass is 32.1. The lowest BCUT2D eigenvalue weighted by molar-refractivity contribution is 0.630. The number of benzene rings is 2. The van der Waals surface area contributed by atoms with Crippen LogP contribution < -0.4 is 22.9 Å². The fourth-order valence-corrected chi connectivity index (χ4v) is 0.992. The van der Waals surface area contributed by atoms with Crippen molar-refractivity contribution in [2.75, 3.05) is 22.9 Å². The molecule has 0 unspecified atom stereocenters. The lowest BCUT2D eigenvalue weighted by Crippen LogP contribution is -1.86. The Kier molecular flexibility index (Phi) is 8.22. The molecular formula is C12H16N4O2S. The molecule has 0 spiro atoms. The molecule has 0 aromatic heterocycles. The van der Waals surface area contributed by atoms with Crippen LogP contribution in [0.4, 0.5) is 22.7 Å². The van der Waals surface area contributed by atoms with Crippen LogP contribution in [0, 0.1) is 0 Å². The molecule has 0 amide bonds. The number of nitrogen functional groups attached to an aromatic ring is 4. The highest BCUT2D eigenvalue weighted by molar-refractivity contribution is 7.51. The molecule has 0 saturated carbocycles. The summed E-state index contributed by atoms with van der Waals surface area (Å²) in [6.45, 7) is 0. The summed E-state index contributed by atoms with van der Waals surface area (Å²) in [7, 11) is 0. The topological polar surface area (TPSA) is 138 Å². The molecule has 7 heteroatoms. The zero-order valence-corrected chi connectivity index (χ0v) is 11.0. The average molecular weight is 280 g/mol. The predicted molar refractivity (Wildman–Crippen MR) is 79.5 cm³/mol. The fourth-order valence-electron chi connectivity index (χ4n) is 0.992. The van der Waals surface area contributed by atoms with Crippen molar-refractivity contribution in [3.63, 3.8) is 0 Å². The second-order valence-electron chi connectivity index (χ2n) is 3.40. The SMILES string of the molecule is Nc1ccc(N)cc1.Nc1ccc(N)cc1.O=S=O. The fraction of sp³-hybridized carbons (Fsp3) is 0. The molecule has 0 aliphatic rings. The van der Waals surface area contributed by atoms with E-state index in [-0.39, 0.29) is 0 Å². The first-order valence-corrected chi connectivity index (χ1v) is 5.80. The standard InChI is InChI=1S/2C6H8N2.O2S/c2*7-5-1-2-6(8)4-3-5;1-3-2/h2*1-4H,7-8H2;. The third kappa shape index (κ3) is 9.19. The van der Waals surface area contributed by atoms with E-state index < -0.39 is 11.6 Å². The first-order valence-electron chi connectivity index (χ1n) is 5.13. The summed E-state index contributed by atoms with van der Waals surface area (Å²) in [4.78, 5) is 0. The van der Waals surface area contributed by atoms with Gasteiger partial charge in [-0.1, -0.05) is 0 Å². The number of anilines is 4. The maximum Gasteiger partial charge on any atom is 0.335 e. The third-order valence-corrected chi connectivity index (χ3v) is 1.87. The van der Waals surface area contributed by atoms with Crippen LogP contribution in [0.1, 0.15) is 0 Å². The summed E-state index contributed by atoms with van der Waals surface area (Å²) in [5.41, 5.74) is 24.5. The second-order valence-corrected chi connectivity index (χ2v) is 3.54. The third-order valence-electron chi connectivity index (χ3n) is 1.87. The Morgan fingerprint density at radius 3 is 0.737 bits per heavy atom. The highest BCUT2D eigenvalue weighted by Gasteiger charge is 1.81. The van der Waals surface area contributed by atoms with Crippen molar-refractivity contribution in [2.45, 2.75) is 0 Å². The van der Waals surface area contributed by atoms with Crippen molar-refractivity contribution in [1.82, 2.24) is 0 Å². The molecule has 2 aromatic rings. The summed E-state index contributed by atoms with van der Waals surface area (Å²) in [5, 5.41) is 0. The minimum atomic E-state index is -0.750. The van der Waals surface area contributed by atoms with Crippen molar-refractivity contribution < 1.29 is 8.42 Å². The summed E-state index contributed by atoms with van der Waals surface area (Å²) in [6.07, 6.45) is 0. The normalized spacial score (nSPS) is 8.21. The van der Waals surface area contributed by atoms with Crippen molar-refractivity contribution in [3.05, 3.63) is 48.5 Å². The number of hydrogen-bond donors (Lipinski definition) is 4. The Labute approximate surface area is 115 Å². The smallest absolute Gasteiger partial charge is 0.335 e. The van der Waals surface area contributed by atoms with Crippen LogP contribution in [0.5, 0.6) is 0 Å². The van der Waals surface area contributed by atoms with Crippen LogP contribution in [0.15, 0.2) is 48.5 Å². The van der Waals surface area contributed by atoms with Crippen molar-refractivity contribution in [1.29, 1.82) is 0 Å². The molecule has 0 saturated heterocycles. The van der Waals surface area contributed by atoms with E-state index in [9.17, 15) is 0 Å². The molecule has 2 rings (SSSR count). The minimum absolute atomic E-state index is 0.749. The zero-order valence-electron chi connectivity index (χ0n) is 10.2. The van der Waals surface area contributed by atoms with Crippen LogP contribution in [0.3, 0.4) is 0 Å². The molecule has 0 radical (unpaired) electrons. The zero-order chi connectivity index (χ0) is 14.7. The Bertz CT molecular complexity index is 423. The van der Waals surface area contributed by atoms with Crippen molar-refractivity contribution >= 4 is 34.3 Å². The first-order chi connectivity index (χ1) is 8.99. The maximum atomic E-state index is 8.29. The van der Waals surface area contributed by atoms with Crippen LogP contribution in [0.2, 0.25) is 0 Å². The minimum Gasteiger partial charge on any atom is -0.399 e. The van der Waals surface area contributed by atoms with Gasteiger partial charge in [0.15, 0.2) is 0 Å². The van der Waals surface area contributed by atoms with Crippen LogP contribution in [-0.2, 0) is 11.6 Å². The van der Waals surface area contributed by atoms with Gasteiger partial charge in [-0.15, -0.1) is 0 Å². The van der Waals surface area contributed by atoms with Crippen LogP contribution in [-0.4, -0.2) is 8.42 Å². The first kappa shape index (κ1) is 16.5. The molecule has 0 bridgehead atoms. The van der Waals surface area contributed by atoms with Gasteiger partial charge in [-0.3, -0.25) is 0 Å². The molecule has 0 aliphatic heterocycles. The molecule has 19 heavy (non-hydrogen) atoms. The van der Waals surface area contributed by atoms with E-state index in [4.69, 9.17) is 31.4 Å². The van der Waals surface area contributed by atoms with E-state index in [1.165, 1.54) is 0 Å². The van der Waals surface area contributed by atoms with Crippen molar-refractivity contribution in [3.8, 4) is 0 Å². The molecule has 102 valence electrons. The van der Waals surface area contributed by atoms with Gasteiger partial charge in [0.05, 0.1) is 0 Å². The van der Waals surface area contributed by atoms with Gasteiger partial charge in [-0.25, -0.2) is 0 Å². The highest BCUT2D eigenvalue weighted by Crippen LogP contribution is 2.05. The van der Waals surface area contributed by atoms with E-state index >= 15 is 0 Å². The van der Waals surface area contributed by atoms with Gasteiger partial charge < -0.3 is 22.9 Å². The van der Waals surface area contributed by atoms with Crippen molar-refractivity contribution in [2.24, 2.45) is 0 Å². The summed E-state index contributed by atoms with van der Waals surface area (Å²) < 4.78 is 16.6. The van der Waals surface area contributed by atoms with E-state index in [1.807, 2.05) is 0 Å². The molecule has 6 nitrogen and oxygen atoms in total. The van der Waals surface area contributed by atoms with Gasteiger partial charge in [0.1, 0.15) is 0 Å². The largest absolute Gasteiger partial charge is 0.399 e. The molecule has 0 atom stereocenters. The monoisotopic (exact) mass is 280 g/mol. The summed E-state index contributed by atoms with van der Waals surface area (Å²) in [6, 6.07) is 14.2. The van der Waals surface area contributed by atoms with Gasteiger partial charge in [0.25, 0.3) is 0 Å². The van der Waals surface area contributed by atoms with Crippen LogP contribution >= 0.6 is 0 Å². The van der Waals surface area contributed by atoms with Gasteiger partial charge in [-0.05, 0) is 48.5 Å². The molecule has 0 fully saturated rings. The van der Waals surface area contributed by atoms with Crippen LogP contribution in [0.25, 0.3) is 0 Å². The van der Waals surface area contributed by atoms with Gasteiger partial charge in [0.2, 0.25) is 0 Å². The number of nitrogens with two attached hydrogens (primary N) is 4. The Balaban J connectivity index is 0.000000284. The number of rotatable bonds is 0. The molecule has 2 aromatic carbocycles. The lowest BCUT2D eigenvalue weighted by Gasteiger charge is -1.90. The molecule has 0 aliphatic carbocycles. The maximum absolute atomic E-state index is 8.29. The predicted octanol–water partition coefficient (Wildman–Crippen LogP) is 1.03. The lowest BCUT2D eigenvalue weighted by atomic mass is 10.3. The average Bonchev–Trinajstić information content (AvgIpc) is 2.38. The Morgan fingerprint density at radius 1 is 0.526 bits per heavy atom. The van der Waals surface area contributed by atoms with E-state index in [0.717, 1.165) is 22.7 Å². The van der Waals surface area contributed by atoms with Gasteiger partial charge in [0, 0.05) is 22.7 Å². The molecule has 0 heterocycles. The Hall–Kier alpha value is -2.54. The number of hydrogen-bond acceptors (Lipinski definition) is 6. The quantitative estimate of drug-likeness (QED) is 0.532. The van der Waals surface area contributed by atoms with Gasteiger partial charge in [-0.2, -0.15) is 8.42 Å². The van der Waals surface area contributed by atoms with E-state index in [1.54, 1.807) is 48.5 Å². The molecule has 8 N–H and O–H groups in total. The van der Waals surface area contributed by atoms with E-state index in [2.05, 4.69) is 0 Å².